The van der Waals surface area contributed by atoms with Gasteiger partial charge in [-0.15, -0.1) is 0 Å². The molecule has 0 aliphatic carbocycles. The third kappa shape index (κ3) is 40.1. The lowest BCUT2D eigenvalue weighted by Gasteiger charge is -2.31. The summed E-state index contributed by atoms with van der Waals surface area (Å²) in [6, 6.07) is 0.377. The lowest BCUT2D eigenvalue weighted by Crippen LogP contribution is -2.42. The summed E-state index contributed by atoms with van der Waals surface area (Å²) < 4.78 is 0. The molecular weight excluding hydrogens is 713 g/mol. The maximum absolute atomic E-state index is 10.6. The zero-order valence-electron chi connectivity index (χ0n) is 39.2. The Morgan fingerprint density at radius 2 is 0.793 bits per heavy atom. The SMILES string of the molecule is CCCCC/C=C\C/C=C\C(CCCCCCC)N(CCCCCCCCCCN(CCCCCCCC/C=C/C/C=C\CCCCC)CC(O)CN)CC(O)CN. The van der Waals surface area contributed by atoms with Crippen molar-refractivity contribution in [3.8, 4) is 0 Å². The molecule has 3 atom stereocenters. The predicted octanol–water partition coefficient (Wildman–Crippen LogP) is 13.0. The summed E-state index contributed by atoms with van der Waals surface area (Å²) >= 11 is 0. The average Bonchev–Trinajstić information content (AvgIpc) is 3.23. The Balaban J connectivity index is 4.43. The van der Waals surface area contributed by atoms with Crippen molar-refractivity contribution in [2.24, 2.45) is 11.5 Å². The van der Waals surface area contributed by atoms with E-state index < -0.39 is 12.2 Å². The van der Waals surface area contributed by atoms with Crippen LogP contribution in [0.3, 0.4) is 0 Å². The molecule has 0 saturated heterocycles. The standard InChI is InChI=1S/C52H102N4O2/c1-4-7-10-13-15-17-18-19-20-21-22-23-24-28-33-38-43-55(48-51(57)46-53)44-39-34-29-25-26-30-35-40-45-56(49-52(58)47-54)50(41-36-31-12-9-6-3)42-37-32-27-16-14-11-8-5-2/h15-17,19-20,27,37,42,50-52,57-58H,4-14,18,21-26,28-36,38-41,43-49,53-54H2,1-3H3/b17-15-,20-19+,27-16-,42-37-. The molecule has 0 amide bonds. The first-order chi connectivity index (χ1) is 28.5. The largest absolute Gasteiger partial charge is 0.390 e. The Bertz CT molecular complexity index is 921. The molecule has 6 nitrogen and oxygen atoms in total. The van der Waals surface area contributed by atoms with E-state index in [0.29, 0.717) is 32.2 Å². The van der Waals surface area contributed by atoms with E-state index >= 15 is 0 Å². The minimum absolute atomic E-state index is 0.325. The van der Waals surface area contributed by atoms with Gasteiger partial charge in [0.1, 0.15) is 0 Å². The van der Waals surface area contributed by atoms with E-state index in [2.05, 4.69) is 79.2 Å². The molecule has 6 N–H and O–H groups in total. The minimum atomic E-state index is -0.464. The minimum Gasteiger partial charge on any atom is -0.390 e. The normalized spacial score (nSPS) is 14.2. The molecule has 0 rings (SSSR count). The van der Waals surface area contributed by atoms with Crippen LogP contribution in [-0.4, -0.2) is 84.1 Å². The van der Waals surface area contributed by atoms with Crippen LogP contribution in [0.25, 0.3) is 0 Å². The van der Waals surface area contributed by atoms with Crippen molar-refractivity contribution in [1.29, 1.82) is 0 Å². The van der Waals surface area contributed by atoms with Crippen molar-refractivity contribution in [1.82, 2.24) is 9.80 Å². The van der Waals surface area contributed by atoms with Crippen LogP contribution < -0.4 is 11.5 Å². The fourth-order valence-corrected chi connectivity index (χ4v) is 7.84. The van der Waals surface area contributed by atoms with E-state index in [1.54, 1.807) is 0 Å². The van der Waals surface area contributed by atoms with Crippen molar-refractivity contribution in [2.75, 3.05) is 45.8 Å². The molecule has 0 aromatic carbocycles. The van der Waals surface area contributed by atoms with E-state index in [9.17, 15) is 10.2 Å². The molecule has 0 spiro atoms. The van der Waals surface area contributed by atoms with E-state index in [4.69, 9.17) is 11.5 Å². The summed E-state index contributed by atoms with van der Waals surface area (Å²) in [5.74, 6) is 0. The summed E-state index contributed by atoms with van der Waals surface area (Å²) in [6.07, 6.45) is 57.0. The zero-order valence-corrected chi connectivity index (χ0v) is 39.2. The van der Waals surface area contributed by atoms with Crippen LogP contribution in [0.1, 0.15) is 220 Å². The van der Waals surface area contributed by atoms with E-state index in [1.165, 1.54) is 180 Å². The number of nitrogens with zero attached hydrogens (tertiary/aromatic N) is 2. The quantitative estimate of drug-likeness (QED) is 0.0361. The number of rotatable bonds is 46. The first-order valence-corrected chi connectivity index (χ1v) is 25.4. The summed E-state index contributed by atoms with van der Waals surface area (Å²) in [5.41, 5.74) is 11.7. The molecule has 0 aliphatic heterocycles. The van der Waals surface area contributed by atoms with Gasteiger partial charge in [0, 0.05) is 32.2 Å². The third-order valence-electron chi connectivity index (χ3n) is 11.6. The van der Waals surface area contributed by atoms with Crippen LogP contribution in [0, 0.1) is 0 Å². The van der Waals surface area contributed by atoms with Crippen LogP contribution in [0.4, 0.5) is 0 Å². The second-order valence-electron chi connectivity index (χ2n) is 17.4. The van der Waals surface area contributed by atoms with Crippen molar-refractivity contribution in [2.45, 2.75) is 238 Å². The van der Waals surface area contributed by atoms with Gasteiger partial charge in [0.05, 0.1) is 12.2 Å². The second kappa shape index (κ2) is 46.8. The monoisotopic (exact) mass is 815 g/mol. The average molecular weight is 815 g/mol. The highest BCUT2D eigenvalue weighted by atomic mass is 16.3. The number of hydrogen-bond acceptors (Lipinski definition) is 6. The van der Waals surface area contributed by atoms with Gasteiger partial charge >= 0.3 is 0 Å². The van der Waals surface area contributed by atoms with Crippen LogP contribution in [0.15, 0.2) is 48.6 Å². The van der Waals surface area contributed by atoms with Gasteiger partial charge in [-0.25, -0.2) is 0 Å². The molecule has 0 aliphatic rings. The molecule has 0 heterocycles. The number of unbranched alkanes of at least 4 members (excludes halogenated alkanes) is 23. The highest BCUT2D eigenvalue weighted by Crippen LogP contribution is 2.17. The maximum Gasteiger partial charge on any atom is 0.0789 e. The van der Waals surface area contributed by atoms with Gasteiger partial charge in [-0.3, -0.25) is 4.90 Å². The third-order valence-corrected chi connectivity index (χ3v) is 11.6. The topological polar surface area (TPSA) is 99.0 Å². The number of allylic oxidation sites excluding steroid dienone is 7. The Kier molecular flexibility index (Phi) is 45.7. The van der Waals surface area contributed by atoms with Crippen LogP contribution >= 0.6 is 0 Å². The summed E-state index contributed by atoms with van der Waals surface area (Å²) in [5, 5.41) is 20.9. The number of aliphatic hydroxyl groups is 2. The van der Waals surface area contributed by atoms with E-state index in [-0.39, 0.29) is 0 Å². The van der Waals surface area contributed by atoms with Gasteiger partial charge in [0.2, 0.25) is 0 Å². The molecule has 58 heavy (non-hydrogen) atoms. The summed E-state index contributed by atoms with van der Waals surface area (Å²) in [4.78, 5) is 5.00. The summed E-state index contributed by atoms with van der Waals surface area (Å²) in [6.45, 7) is 12.0. The van der Waals surface area contributed by atoms with E-state index in [1.807, 2.05) is 0 Å². The van der Waals surface area contributed by atoms with Crippen molar-refractivity contribution >= 4 is 0 Å². The molecule has 0 aromatic heterocycles. The molecule has 0 saturated carbocycles. The predicted molar refractivity (Wildman–Crippen MR) is 259 cm³/mol. The van der Waals surface area contributed by atoms with Gasteiger partial charge < -0.3 is 26.6 Å². The molecule has 3 unspecified atom stereocenters. The first-order valence-electron chi connectivity index (χ1n) is 25.4. The first kappa shape index (κ1) is 56.7. The smallest absolute Gasteiger partial charge is 0.0789 e. The number of nitrogens with two attached hydrogens (primary N) is 2. The summed E-state index contributed by atoms with van der Waals surface area (Å²) in [7, 11) is 0. The highest BCUT2D eigenvalue weighted by molar-refractivity contribution is 4.99. The Labute approximate surface area is 362 Å². The van der Waals surface area contributed by atoms with Crippen molar-refractivity contribution in [3.63, 3.8) is 0 Å². The van der Waals surface area contributed by atoms with E-state index in [0.717, 1.165) is 38.9 Å². The Hall–Kier alpha value is -1.28. The van der Waals surface area contributed by atoms with Crippen molar-refractivity contribution < 1.29 is 10.2 Å². The fourth-order valence-electron chi connectivity index (χ4n) is 7.84. The molecule has 342 valence electrons. The molecule has 0 fully saturated rings. The van der Waals surface area contributed by atoms with Gasteiger partial charge in [-0.1, -0.05) is 191 Å². The lowest BCUT2D eigenvalue weighted by molar-refractivity contribution is 0.0986. The highest BCUT2D eigenvalue weighted by Gasteiger charge is 2.18. The zero-order chi connectivity index (χ0) is 42.4. The van der Waals surface area contributed by atoms with Gasteiger partial charge in [-0.05, 0) is 96.7 Å². The maximum atomic E-state index is 10.6. The molecular formula is C52H102N4O2. The van der Waals surface area contributed by atoms with Gasteiger partial charge in [0.15, 0.2) is 0 Å². The Morgan fingerprint density at radius 1 is 0.414 bits per heavy atom. The molecule has 6 heteroatoms. The number of hydrogen-bond donors (Lipinski definition) is 4. The molecule has 0 radical (unpaired) electrons. The Morgan fingerprint density at radius 3 is 1.29 bits per heavy atom. The van der Waals surface area contributed by atoms with Crippen LogP contribution in [-0.2, 0) is 0 Å². The second-order valence-corrected chi connectivity index (χ2v) is 17.4. The fraction of sp³-hybridized carbons (Fsp3) is 0.846. The van der Waals surface area contributed by atoms with Crippen molar-refractivity contribution in [3.05, 3.63) is 48.6 Å². The molecule has 0 bridgehead atoms. The number of aliphatic hydroxyl groups excluding tert-OH is 2. The lowest BCUT2D eigenvalue weighted by atomic mass is 10.0. The van der Waals surface area contributed by atoms with Crippen LogP contribution in [0.2, 0.25) is 0 Å². The van der Waals surface area contributed by atoms with Gasteiger partial charge in [0.25, 0.3) is 0 Å². The van der Waals surface area contributed by atoms with Gasteiger partial charge in [-0.2, -0.15) is 0 Å². The molecule has 0 aromatic rings. The van der Waals surface area contributed by atoms with Crippen LogP contribution in [0.5, 0.6) is 0 Å².